The van der Waals surface area contributed by atoms with Gasteiger partial charge in [-0.3, -0.25) is 0 Å². The highest BCUT2D eigenvalue weighted by Crippen LogP contribution is 2.24. The SMILES string of the molecule is COc1nc(NCCc2ccc(OC(F)(F)F)cc2)cc(N2CCOC(C(=O)OC(=O)C(F)(F)F)C2)n1. The van der Waals surface area contributed by atoms with E-state index in [9.17, 15) is 35.9 Å². The fraction of sp³-hybridized carbons (Fsp3) is 0.429. The smallest absolute Gasteiger partial charge is 0.467 e. The minimum atomic E-state index is -5.33. The number of morpholine rings is 1. The van der Waals surface area contributed by atoms with Gasteiger partial charge in [0.05, 0.1) is 20.3 Å². The Hall–Kier alpha value is -3.82. The van der Waals surface area contributed by atoms with E-state index in [1.165, 1.54) is 42.3 Å². The van der Waals surface area contributed by atoms with Gasteiger partial charge in [0.1, 0.15) is 17.4 Å². The van der Waals surface area contributed by atoms with Crippen LogP contribution in [0.1, 0.15) is 5.56 Å². The molecule has 1 atom stereocenters. The predicted molar refractivity (Wildman–Crippen MR) is 113 cm³/mol. The summed E-state index contributed by atoms with van der Waals surface area (Å²) in [6, 6.07) is 6.79. The number of benzene rings is 1. The Morgan fingerprint density at radius 3 is 2.46 bits per heavy atom. The Balaban J connectivity index is 1.61. The maximum Gasteiger partial charge on any atom is 0.573 e. The van der Waals surface area contributed by atoms with E-state index in [2.05, 4.69) is 24.8 Å². The van der Waals surface area contributed by atoms with Crippen LogP contribution in [0, 0.1) is 0 Å². The first kappa shape index (κ1) is 27.8. The summed E-state index contributed by atoms with van der Waals surface area (Å²) in [6.07, 6.45) is -11.2. The summed E-state index contributed by atoms with van der Waals surface area (Å²) in [6.45, 7) is 0.207. The van der Waals surface area contributed by atoms with Gasteiger partial charge in [0.25, 0.3) is 0 Å². The molecule has 0 radical (unpaired) electrons. The van der Waals surface area contributed by atoms with E-state index in [0.717, 1.165) is 0 Å². The fourth-order valence-corrected chi connectivity index (χ4v) is 3.16. The van der Waals surface area contributed by atoms with Gasteiger partial charge in [-0.1, -0.05) is 12.1 Å². The van der Waals surface area contributed by atoms with Crippen LogP contribution in [0.5, 0.6) is 11.8 Å². The van der Waals surface area contributed by atoms with Gasteiger partial charge in [-0.05, 0) is 24.1 Å². The van der Waals surface area contributed by atoms with Gasteiger partial charge in [-0.15, -0.1) is 13.2 Å². The van der Waals surface area contributed by atoms with E-state index in [4.69, 9.17) is 9.47 Å². The average molecular weight is 538 g/mol. The van der Waals surface area contributed by atoms with Crippen molar-refractivity contribution in [1.29, 1.82) is 0 Å². The van der Waals surface area contributed by atoms with Crippen molar-refractivity contribution in [1.82, 2.24) is 9.97 Å². The molecule has 0 aliphatic carbocycles. The predicted octanol–water partition coefficient (Wildman–Crippen LogP) is 2.88. The van der Waals surface area contributed by atoms with Gasteiger partial charge in [-0.2, -0.15) is 23.1 Å². The van der Waals surface area contributed by atoms with Crippen molar-refractivity contribution in [3.05, 3.63) is 35.9 Å². The number of esters is 2. The second-order valence-electron chi connectivity index (χ2n) is 7.48. The third-order valence-corrected chi connectivity index (χ3v) is 4.83. The second kappa shape index (κ2) is 11.5. The summed E-state index contributed by atoms with van der Waals surface area (Å²) < 4.78 is 91.8. The van der Waals surface area contributed by atoms with Crippen LogP contribution in [-0.2, 0) is 25.5 Å². The third-order valence-electron chi connectivity index (χ3n) is 4.83. The zero-order chi connectivity index (χ0) is 27.2. The van der Waals surface area contributed by atoms with Crippen LogP contribution in [0.4, 0.5) is 38.0 Å². The molecule has 1 aliphatic rings. The van der Waals surface area contributed by atoms with Crippen LogP contribution in [0.2, 0.25) is 0 Å². The molecule has 1 aromatic carbocycles. The van der Waals surface area contributed by atoms with E-state index in [1.54, 1.807) is 0 Å². The van der Waals surface area contributed by atoms with E-state index >= 15 is 0 Å². The molecule has 2 heterocycles. The van der Waals surface area contributed by atoms with Crippen molar-refractivity contribution in [3.8, 4) is 11.8 Å². The molecule has 1 unspecified atom stereocenters. The van der Waals surface area contributed by atoms with Gasteiger partial charge in [0, 0.05) is 19.2 Å². The lowest BCUT2D eigenvalue weighted by Gasteiger charge is -2.32. The molecule has 0 bridgehead atoms. The average Bonchev–Trinajstić information content (AvgIpc) is 2.83. The number of methoxy groups -OCH3 is 1. The number of hydrogen-bond acceptors (Lipinski definition) is 10. The van der Waals surface area contributed by atoms with Crippen LogP contribution < -0.4 is 19.7 Å². The minimum Gasteiger partial charge on any atom is -0.467 e. The first-order valence-corrected chi connectivity index (χ1v) is 10.5. The molecule has 0 amide bonds. The molecule has 2 aromatic rings. The largest absolute Gasteiger partial charge is 0.573 e. The van der Waals surface area contributed by atoms with Crippen molar-refractivity contribution >= 4 is 23.6 Å². The molecule has 202 valence electrons. The topological polar surface area (TPSA) is 112 Å². The van der Waals surface area contributed by atoms with Crippen molar-refractivity contribution in [2.24, 2.45) is 0 Å². The molecular formula is C21H20F6N4O6. The first-order chi connectivity index (χ1) is 17.3. The zero-order valence-corrected chi connectivity index (χ0v) is 19.1. The van der Waals surface area contributed by atoms with E-state index in [-0.39, 0.29) is 37.3 Å². The van der Waals surface area contributed by atoms with Crippen molar-refractivity contribution in [2.45, 2.75) is 25.1 Å². The minimum absolute atomic E-state index is 0.0495. The highest BCUT2D eigenvalue weighted by molar-refractivity contribution is 5.90. The number of rotatable bonds is 8. The molecular weight excluding hydrogens is 518 g/mol. The summed E-state index contributed by atoms with van der Waals surface area (Å²) >= 11 is 0. The molecule has 16 heteroatoms. The van der Waals surface area contributed by atoms with Crippen LogP contribution in [0.25, 0.3) is 0 Å². The molecule has 1 saturated heterocycles. The third kappa shape index (κ3) is 8.37. The number of halogens is 6. The lowest BCUT2D eigenvalue weighted by atomic mass is 10.1. The van der Waals surface area contributed by atoms with Gasteiger partial charge in [0.2, 0.25) is 0 Å². The number of hydrogen-bond donors (Lipinski definition) is 1. The maximum absolute atomic E-state index is 12.4. The number of carbonyl (C=O) groups excluding carboxylic acids is 2. The normalized spacial score (nSPS) is 16.2. The van der Waals surface area contributed by atoms with Gasteiger partial charge in [0.15, 0.2) is 6.10 Å². The Morgan fingerprint density at radius 2 is 1.84 bits per heavy atom. The van der Waals surface area contributed by atoms with Gasteiger partial charge < -0.3 is 29.2 Å². The first-order valence-electron chi connectivity index (χ1n) is 10.5. The van der Waals surface area contributed by atoms with Crippen LogP contribution in [-0.4, -0.2) is 73.9 Å². The summed E-state index contributed by atoms with van der Waals surface area (Å²) in [7, 11) is 1.32. The lowest BCUT2D eigenvalue weighted by Crippen LogP contribution is -2.48. The summed E-state index contributed by atoms with van der Waals surface area (Å²) in [5, 5.41) is 3.02. The number of carbonyl (C=O) groups is 2. The number of anilines is 2. The maximum atomic E-state index is 12.4. The molecule has 1 aromatic heterocycles. The Bertz CT molecular complexity index is 1100. The molecule has 37 heavy (non-hydrogen) atoms. The highest BCUT2D eigenvalue weighted by Gasteiger charge is 2.44. The van der Waals surface area contributed by atoms with Crippen LogP contribution in [0.3, 0.4) is 0 Å². The summed E-state index contributed by atoms with van der Waals surface area (Å²) in [5.74, 6) is -3.91. The molecule has 1 fully saturated rings. The molecule has 1 aliphatic heterocycles. The van der Waals surface area contributed by atoms with Crippen molar-refractivity contribution in [3.63, 3.8) is 0 Å². The molecule has 0 saturated carbocycles. The quantitative estimate of drug-likeness (QED) is 0.306. The van der Waals surface area contributed by atoms with Crippen LogP contribution >= 0.6 is 0 Å². The van der Waals surface area contributed by atoms with Crippen molar-refractivity contribution < 1.29 is 54.9 Å². The van der Waals surface area contributed by atoms with Gasteiger partial charge in [-0.25, -0.2) is 9.59 Å². The fourth-order valence-electron chi connectivity index (χ4n) is 3.16. The molecule has 0 spiro atoms. The Morgan fingerprint density at radius 1 is 1.14 bits per heavy atom. The van der Waals surface area contributed by atoms with E-state index in [0.29, 0.717) is 24.3 Å². The monoisotopic (exact) mass is 538 g/mol. The molecule has 1 N–H and O–H groups in total. The molecule has 10 nitrogen and oxygen atoms in total. The lowest BCUT2D eigenvalue weighted by molar-refractivity contribution is -0.274. The summed E-state index contributed by atoms with van der Waals surface area (Å²) in [5.41, 5.74) is 0.714. The number of aromatic nitrogens is 2. The number of ether oxygens (including phenoxy) is 4. The van der Waals surface area contributed by atoms with Crippen LogP contribution in [0.15, 0.2) is 30.3 Å². The van der Waals surface area contributed by atoms with E-state index < -0.39 is 30.6 Å². The second-order valence-corrected chi connectivity index (χ2v) is 7.48. The van der Waals surface area contributed by atoms with E-state index in [1.807, 2.05) is 0 Å². The Labute approximate surface area is 205 Å². The number of nitrogens with zero attached hydrogens (tertiary/aromatic N) is 3. The Kier molecular flexibility index (Phi) is 8.62. The number of nitrogens with one attached hydrogen (secondary N) is 1. The molecule has 3 rings (SSSR count). The van der Waals surface area contributed by atoms with Gasteiger partial charge >= 0.3 is 30.5 Å². The van der Waals surface area contributed by atoms with Crippen molar-refractivity contribution in [2.75, 3.05) is 43.6 Å². The standard InChI is InChI=1S/C21H20F6N4O6/c1-34-19-29-15(28-7-6-12-2-4-13(5-3-12)37-21(25,26)27)10-16(30-19)31-8-9-35-14(11-31)17(32)36-18(33)20(22,23)24/h2-5,10,14H,6-9,11H2,1H3,(H,28,29,30). The number of alkyl halides is 6. The highest BCUT2D eigenvalue weighted by atomic mass is 19.4. The summed E-state index contributed by atoms with van der Waals surface area (Å²) in [4.78, 5) is 32.7. The zero-order valence-electron chi connectivity index (χ0n) is 19.1.